The zero-order chi connectivity index (χ0) is 17.8. The zero-order valence-electron chi connectivity index (χ0n) is 14.3. The van der Waals surface area contributed by atoms with Crippen molar-refractivity contribution in [3.05, 3.63) is 58.2 Å². The third-order valence-electron chi connectivity index (χ3n) is 4.39. The standard InChI is InChI=1S/C19H20N4OS2/c24-19(21-16-4-2-1-3-5-16)23-9-7-22(8-10-23)12-17-14-26-18(20-17)15-6-11-25-13-15/h1-6,11,13-14H,7-10,12H2,(H,21,24). The molecule has 7 heteroatoms. The Hall–Kier alpha value is -2.22. The van der Waals surface area contributed by atoms with Crippen molar-refractivity contribution in [2.24, 2.45) is 0 Å². The maximum absolute atomic E-state index is 12.4. The predicted octanol–water partition coefficient (Wildman–Crippen LogP) is 4.22. The van der Waals surface area contributed by atoms with Gasteiger partial charge < -0.3 is 10.2 Å². The lowest BCUT2D eigenvalue weighted by molar-refractivity contribution is 0.142. The molecule has 134 valence electrons. The molecule has 0 unspecified atom stereocenters. The minimum Gasteiger partial charge on any atom is -0.322 e. The van der Waals surface area contributed by atoms with Gasteiger partial charge in [-0.15, -0.1) is 11.3 Å². The minimum absolute atomic E-state index is 0.0238. The Morgan fingerprint density at radius 1 is 1.08 bits per heavy atom. The van der Waals surface area contributed by atoms with Gasteiger partial charge in [0, 0.05) is 54.7 Å². The summed E-state index contributed by atoms with van der Waals surface area (Å²) in [7, 11) is 0. The van der Waals surface area contributed by atoms with E-state index in [0.29, 0.717) is 0 Å². The lowest BCUT2D eigenvalue weighted by Crippen LogP contribution is -2.49. The summed E-state index contributed by atoms with van der Waals surface area (Å²) in [5.41, 5.74) is 3.15. The van der Waals surface area contributed by atoms with Crippen LogP contribution in [-0.4, -0.2) is 47.0 Å². The zero-order valence-corrected chi connectivity index (χ0v) is 15.9. The Kier molecular flexibility index (Phi) is 5.29. The van der Waals surface area contributed by atoms with E-state index in [-0.39, 0.29) is 6.03 Å². The van der Waals surface area contributed by atoms with E-state index >= 15 is 0 Å². The van der Waals surface area contributed by atoms with Crippen molar-refractivity contribution in [3.63, 3.8) is 0 Å². The van der Waals surface area contributed by atoms with Crippen molar-refractivity contribution in [1.29, 1.82) is 0 Å². The van der Waals surface area contributed by atoms with E-state index in [9.17, 15) is 4.79 Å². The van der Waals surface area contributed by atoms with Gasteiger partial charge in [-0.25, -0.2) is 9.78 Å². The number of aromatic nitrogens is 1. The Balaban J connectivity index is 1.28. The predicted molar refractivity (Wildman–Crippen MR) is 108 cm³/mol. The van der Waals surface area contributed by atoms with Crippen molar-refractivity contribution in [2.75, 3.05) is 31.5 Å². The van der Waals surface area contributed by atoms with Crippen LogP contribution in [0, 0.1) is 0 Å². The van der Waals surface area contributed by atoms with Gasteiger partial charge in [-0.1, -0.05) is 18.2 Å². The lowest BCUT2D eigenvalue weighted by Gasteiger charge is -2.34. The van der Waals surface area contributed by atoms with Gasteiger partial charge in [0.1, 0.15) is 5.01 Å². The number of carbonyl (C=O) groups is 1. The number of piperazine rings is 1. The van der Waals surface area contributed by atoms with Crippen molar-refractivity contribution in [1.82, 2.24) is 14.8 Å². The number of hydrogen-bond acceptors (Lipinski definition) is 5. The molecule has 5 nitrogen and oxygen atoms in total. The second-order valence-electron chi connectivity index (χ2n) is 6.22. The van der Waals surface area contributed by atoms with Gasteiger partial charge >= 0.3 is 6.03 Å². The molecule has 1 aliphatic heterocycles. The molecule has 0 spiro atoms. The van der Waals surface area contributed by atoms with Crippen LogP contribution in [-0.2, 0) is 6.54 Å². The fourth-order valence-electron chi connectivity index (χ4n) is 2.96. The smallest absolute Gasteiger partial charge is 0.321 e. The maximum Gasteiger partial charge on any atom is 0.321 e. The Morgan fingerprint density at radius 3 is 2.62 bits per heavy atom. The number of benzene rings is 1. The van der Waals surface area contributed by atoms with Gasteiger partial charge in [0.2, 0.25) is 0 Å². The van der Waals surface area contributed by atoms with Gasteiger partial charge in [-0.2, -0.15) is 11.3 Å². The number of amides is 2. The van der Waals surface area contributed by atoms with E-state index in [2.05, 4.69) is 32.4 Å². The first-order valence-electron chi connectivity index (χ1n) is 8.58. The van der Waals surface area contributed by atoms with Crippen molar-refractivity contribution >= 4 is 34.4 Å². The summed E-state index contributed by atoms with van der Waals surface area (Å²) in [6.07, 6.45) is 0. The summed E-state index contributed by atoms with van der Waals surface area (Å²) >= 11 is 3.39. The first kappa shape index (κ1) is 17.2. The highest BCUT2D eigenvalue weighted by Gasteiger charge is 2.21. The van der Waals surface area contributed by atoms with Gasteiger partial charge in [-0.05, 0) is 23.6 Å². The van der Waals surface area contributed by atoms with Crippen LogP contribution in [0.25, 0.3) is 10.6 Å². The van der Waals surface area contributed by atoms with Crippen LogP contribution in [0.3, 0.4) is 0 Å². The topological polar surface area (TPSA) is 48.5 Å². The quantitative estimate of drug-likeness (QED) is 0.733. The summed E-state index contributed by atoms with van der Waals surface area (Å²) in [6.45, 7) is 4.05. The van der Waals surface area contributed by atoms with E-state index in [1.54, 1.807) is 22.7 Å². The molecule has 1 fully saturated rings. The minimum atomic E-state index is -0.0238. The van der Waals surface area contributed by atoms with Crippen LogP contribution in [0.15, 0.2) is 52.5 Å². The molecule has 1 saturated heterocycles. The number of anilines is 1. The highest BCUT2D eigenvalue weighted by molar-refractivity contribution is 7.14. The normalized spacial score (nSPS) is 15.2. The van der Waals surface area contributed by atoms with Crippen molar-refractivity contribution < 1.29 is 4.79 Å². The molecule has 0 saturated carbocycles. The monoisotopic (exact) mass is 384 g/mol. The number of carbonyl (C=O) groups excluding carboxylic acids is 1. The van der Waals surface area contributed by atoms with E-state index in [4.69, 9.17) is 4.98 Å². The molecule has 1 N–H and O–H groups in total. The second kappa shape index (κ2) is 7.99. The second-order valence-corrected chi connectivity index (χ2v) is 7.85. The highest BCUT2D eigenvalue weighted by atomic mass is 32.1. The summed E-state index contributed by atoms with van der Waals surface area (Å²) in [5, 5.41) is 10.4. The molecule has 4 rings (SSSR count). The first-order valence-corrected chi connectivity index (χ1v) is 10.4. The molecule has 3 heterocycles. The average Bonchev–Trinajstić information content (AvgIpc) is 3.35. The number of para-hydroxylation sites is 1. The third kappa shape index (κ3) is 4.12. The number of urea groups is 1. The van der Waals surface area contributed by atoms with E-state index in [1.165, 1.54) is 5.56 Å². The van der Waals surface area contributed by atoms with Crippen LogP contribution in [0.1, 0.15) is 5.69 Å². The molecule has 1 aliphatic rings. The molecule has 1 aromatic carbocycles. The van der Waals surface area contributed by atoms with Crippen LogP contribution in [0.4, 0.5) is 10.5 Å². The maximum atomic E-state index is 12.4. The van der Waals surface area contributed by atoms with Crippen molar-refractivity contribution in [3.8, 4) is 10.6 Å². The summed E-state index contributed by atoms with van der Waals surface area (Å²) < 4.78 is 0. The number of nitrogens with zero attached hydrogens (tertiary/aromatic N) is 3. The Bertz CT molecular complexity index is 840. The Morgan fingerprint density at radius 2 is 1.88 bits per heavy atom. The van der Waals surface area contributed by atoms with Crippen LogP contribution in [0.5, 0.6) is 0 Å². The SMILES string of the molecule is O=C(Nc1ccccc1)N1CCN(Cc2csc(-c3ccsc3)n2)CC1. The van der Waals surface area contributed by atoms with Gasteiger partial charge in [0.25, 0.3) is 0 Å². The number of hydrogen-bond donors (Lipinski definition) is 1. The molecule has 0 radical (unpaired) electrons. The molecule has 0 aliphatic carbocycles. The van der Waals surface area contributed by atoms with E-state index in [1.807, 2.05) is 35.2 Å². The molecular weight excluding hydrogens is 364 g/mol. The fourth-order valence-corrected chi connectivity index (χ4v) is 4.48. The summed E-state index contributed by atoms with van der Waals surface area (Å²) in [6, 6.07) is 11.7. The number of thiazole rings is 1. The number of thiophene rings is 1. The van der Waals surface area contributed by atoms with E-state index in [0.717, 1.165) is 49.1 Å². The van der Waals surface area contributed by atoms with Crippen molar-refractivity contribution in [2.45, 2.75) is 6.54 Å². The number of nitrogens with one attached hydrogen (secondary N) is 1. The number of rotatable bonds is 4. The Labute approximate surface area is 160 Å². The van der Waals surface area contributed by atoms with Gasteiger partial charge in [0.15, 0.2) is 0 Å². The van der Waals surface area contributed by atoms with Crippen LogP contribution >= 0.6 is 22.7 Å². The van der Waals surface area contributed by atoms with Crippen LogP contribution in [0.2, 0.25) is 0 Å². The third-order valence-corrected chi connectivity index (χ3v) is 6.01. The van der Waals surface area contributed by atoms with Crippen LogP contribution < -0.4 is 5.32 Å². The lowest BCUT2D eigenvalue weighted by atomic mass is 10.3. The highest BCUT2D eigenvalue weighted by Crippen LogP contribution is 2.26. The summed E-state index contributed by atoms with van der Waals surface area (Å²) in [5.74, 6) is 0. The van der Waals surface area contributed by atoms with Gasteiger partial charge in [0.05, 0.1) is 5.69 Å². The largest absolute Gasteiger partial charge is 0.322 e. The molecule has 26 heavy (non-hydrogen) atoms. The summed E-state index contributed by atoms with van der Waals surface area (Å²) in [4.78, 5) is 21.3. The molecule has 0 bridgehead atoms. The molecule has 2 amide bonds. The fraction of sp³-hybridized carbons (Fsp3) is 0.263. The van der Waals surface area contributed by atoms with Gasteiger partial charge in [-0.3, -0.25) is 4.90 Å². The average molecular weight is 385 g/mol. The molecular formula is C19H20N4OS2. The first-order chi connectivity index (χ1) is 12.8. The molecule has 0 atom stereocenters. The van der Waals surface area contributed by atoms with E-state index < -0.39 is 0 Å². The molecule has 2 aromatic heterocycles. The molecule has 3 aromatic rings.